The van der Waals surface area contributed by atoms with Crippen LogP contribution in [0.5, 0.6) is 5.88 Å². The molecule has 1 saturated heterocycles. The van der Waals surface area contributed by atoms with Crippen molar-refractivity contribution in [2.75, 3.05) is 6.54 Å². The molecule has 2 N–H and O–H groups in total. The summed E-state index contributed by atoms with van der Waals surface area (Å²) < 4.78 is 23.0. The van der Waals surface area contributed by atoms with Gasteiger partial charge in [-0.25, -0.2) is 9.37 Å². The largest absolute Gasteiger partial charge is 0.470 e. The second-order valence-electron chi connectivity index (χ2n) is 8.87. The molecule has 3 aromatic heterocycles. The number of halogens is 2. The zero-order valence-corrected chi connectivity index (χ0v) is 19.3. The normalized spacial score (nSPS) is 19.6. The van der Waals surface area contributed by atoms with Gasteiger partial charge in [0.2, 0.25) is 5.88 Å². The zero-order valence-electron chi connectivity index (χ0n) is 18.6. The monoisotopic (exact) mass is 483 g/mol. The number of pyridine rings is 2. The number of hydrogen-bond acceptors (Lipinski definition) is 6. The Morgan fingerprint density at radius 1 is 1.29 bits per heavy atom. The molecule has 34 heavy (non-hydrogen) atoms. The fourth-order valence-electron chi connectivity index (χ4n) is 4.25. The van der Waals surface area contributed by atoms with E-state index in [2.05, 4.69) is 15.4 Å². The highest BCUT2D eigenvalue weighted by Crippen LogP contribution is 2.28. The SMILES string of the molecule is CC1(C)NC[C@H](O)[C@@H]1Oc1cc(-n2ccc3c(cnn3Cc3ccccc3F)c2=O)c(Cl)cn1. The third kappa shape index (κ3) is 3.96. The van der Waals surface area contributed by atoms with Gasteiger partial charge in [0, 0.05) is 24.4 Å². The lowest BCUT2D eigenvalue weighted by atomic mass is 9.98. The van der Waals surface area contributed by atoms with Crippen molar-refractivity contribution >= 4 is 22.5 Å². The lowest BCUT2D eigenvalue weighted by molar-refractivity contribution is 0.0363. The number of aromatic nitrogens is 4. The number of fused-ring (bicyclic) bond motifs is 1. The molecule has 4 heterocycles. The van der Waals surface area contributed by atoms with E-state index in [4.69, 9.17) is 16.3 Å². The number of nitrogens with one attached hydrogen (secondary N) is 1. The van der Waals surface area contributed by atoms with E-state index in [0.29, 0.717) is 28.7 Å². The predicted octanol–water partition coefficient (Wildman–Crippen LogP) is 2.91. The van der Waals surface area contributed by atoms with Crippen molar-refractivity contribution in [2.24, 2.45) is 0 Å². The summed E-state index contributed by atoms with van der Waals surface area (Å²) in [7, 11) is 0. The molecule has 0 radical (unpaired) electrons. The van der Waals surface area contributed by atoms with Crippen LogP contribution in [0.25, 0.3) is 16.6 Å². The summed E-state index contributed by atoms with van der Waals surface area (Å²) in [6.45, 7) is 4.47. The number of aliphatic hydroxyl groups is 1. The van der Waals surface area contributed by atoms with Gasteiger partial charge in [0.05, 0.1) is 46.1 Å². The summed E-state index contributed by atoms with van der Waals surface area (Å²) >= 11 is 6.38. The molecule has 1 fully saturated rings. The Morgan fingerprint density at radius 3 is 2.82 bits per heavy atom. The molecule has 0 amide bonds. The van der Waals surface area contributed by atoms with Gasteiger partial charge in [-0.15, -0.1) is 0 Å². The second kappa shape index (κ2) is 8.50. The molecule has 2 atom stereocenters. The smallest absolute Gasteiger partial charge is 0.266 e. The van der Waals surface area contributed by atoms with Gasteiger partial charge in [0.15, 0.2) is 0 Å². The summed E-state index contributed by atoms with van der Waals surface area (Å²) in [6, 6.07) is 9.75. The van der Waals surface area contributed by atoms with Crippen molar-refractivity contribution in [3.05, 3.63) is 81.7 Å². The summed E-state index contributed by atoms with van der Waals surface area (Å²) in [4.78, 5) is 17.5. The van der Waals surface area contributed by atoms with Gasteiger partial charge in [-0.3, -0.25) is 14.0 Å². The van der Waals surface area contributed by atoms with Crippen molar-refractivity contribution in [1.29, 1.82) is 0 Å². The van der Waals surface area contributed by atoms with Crippen molar-refractivity contribution in [1.82, 2.24) is 24.6 Å². The minimum atomic E-state index is -0.699. The molecular weight excluding hydrogens is 461 g/mol. The highest BCUT2D eigenvalue weighted by atomic mass is 35.5. The molecule has 5 rings (SSSR count). The van der Waals surface area contributed by atoms with Gasteiger partial charge in [-0.05, 0) is 26.0 Å². The molecule has 176 valence electrons. The second-order valence-corrected chi connectivity index (χ2v) is 9.27. The number of hydrogen-bond donors (Lipinski definition) is 2. The van der Waals surface area contributed by atoms with E-state index in [1.165, 1.54) is 23.0 Å². The third-order valence-electron chi connectivity index (χ3n) is 6.13. The van der Waals surface area contributed by atoms with Crippen molar-refractivity contribution in [3.63, 3.8) is 0 Å². The fraction of sp³-hybridized carbons (Fsp3) is 0.292. The van der Waals surface area contributed by atoms with Crippen LogP contribution in [-0.2, 0) is 6.54 Å². The zero-order chi connectivity index (χ0) is 24.0. The molecule has 0 spiro atoms. The molecule has 8 nitrogen and oxygen atoms in total. The van der Waals surface area contributed by atoms with E-state index in [0.717, 1.165) is 0 Å². The number of β-amino-alcohol motifs (C(OH)–C–C–N with tert-alkyl or cyclic N) is 1. The van der Waals surface area contributed by atoms with Crippen LogP contribution >= 0.6 is 11.6 Å². The minimum absolute atomic E-state index is 0.196. The summed E-state index contributed by atoms with van der Waals surface area (Å²) in [6.07, 6.45) is 3.24. The van der Waals surface area contributed by atoms with Crippen molar-refractivity contribution < 1.29 is 14.2 Å². The Kier molecular flexibility index (Phi) is 5.63. The van der Waals surface area contributed by atoms with Gasteiger partial charge in [-0.2, -0.15) is 5.10 Å². The molecule has 0 aliphatic carbocycles. The standard InChI is InChI=1S/C24H23ClFN5O3/c1-24(2)22(20(32)12-28-24)34-21-9-19(16(25)11-27-21)30-8-7-18-15(23(30)33)10-29-31(18)13-14-5-3-4-6-17(14)26/h3-11,20,22,28,32H,12-13H2,1-2H3/t20-,22-/m0/s1. The highest BCUT2D eigenvalue weighted by molar-refractivity contribution is 6.32. The fourth-order valence-corrected chi connectivity index (χ4v) is 4.45. The maximum absolute atomic E-state index is 14.1. The molecule has 1 aliphatic heterocycles. The number of benzene rings is 1. The van der Waals surface area contributed by atoms with Crippen LogP contribution in [0.1, 0.15) is 19.4 Å². The van der Waals surface area contributed by atoms with Crippen LogP contribution in [0.3, 0.4) is 0 Å². The Bertz CT molecular complexity index is 1430. The molecule has 10 heteroatoms. The van der Waals surface area contributed by atoms with Crippen LogP contribution in [-0.4, -0.2) is 48.7 Å². The van der Waals surface area contributed by atoms with Crippen LogP contribution in [0.15, 0.2) is 59.8 Å². The number of rotatable bonds is 5. The Balaban J connectivity index is 1.50. The lowest BCUT2D eigenvalue weighted by Crippen LogP contribution is -2.46. The minimum Gasteiger partial charge on any atom is -0.470 e. The molecule has 1 aromatic carbocycles. The summed E-state index contributed by atoms with van der Waals surface area (Å²) in [5.74, 6) is -0.0937. The lowest BCUT2D eigenvalue weighted by Gasteiger charge is -2.28. The van der Waals surface area contributed by atoms with Gasteiger partial charge < -0.3 is 15.2 Å². The van der Waals surface area contributed by atoms with Crippen LogP contribution in [0, 0.1) is 5.82 Å². The van der Waals surface area contributed by atoms with Crippen LogP contribution in [0.2, 0.25) is 5.02 Å². The number of nitrogens with zero attached hydrogens (tertiary/aromatic N) is 4. The van der Waals surface area contributed by atoms with E-state index in [-0.39, 0.29) is 28.8 Å². The van der Waals surface area contributed by atoms with E-state index < -0.39 is 17.7 Å². The van der Waals surface area contributed by atoms with Gasteiger partial charge in [-0.1, -0.05) is 29.8 Å². The van der Waals surface area contributed by atoms with E-state index >= 15 is 0 Å². The topological polar surface area (TPSA) is 94.2 Å². The van der Waals surface area contributed by atoms with Gasteiger partial charge in [0.25, 0.3) is 5.56 Å². The maximum atomic E-state index is 14.1. The van der Waals surface area contributed by atoms with Gasteiger partial charge >= 0.3 is 0 Å². The van der Waals surface area contributed by atoms with Crippen molar-refractivity contribution in [2.45, 2.75) is 38.1 Å². The summed E-state index contributed by atoms with van der Waals surface area (Å²) in [5, 5.41) is 18.4. The summed E-state index contributed by atoms with van der Waals surface area (Å²) in [5.41, 5.74) is 0.650. The first-order chi connectivity index (χ1) is 16.2. The third-order valence-corrected chi connectivity index (χ3v) is 6.42. The number of aliphatic hydroxyl groups excluding tert-OH is 1. The average Bonchev–Trinajstić information content (AvgIpc) is 3.33. The molecule has 4 aromatic rings. The Morgan fingerprint density at radius 2 is 2.09 bits per heavy atom. The quantitative estimate of drug-likeness (QED) is 0.453. The first kappa shape index (κ1) is 22.5. The van der Waals surface area contributed by atoms with Gasteiger partial charge in [0.1, 0.15) is 18.0 Å². The first-order valence-corrected chi connectivity index (χ1v) is 11.2. The Hall–Kier alpha value is -3.27. The highest BCUT2D eigenvalue weighted by Gasteiger charge is 2.43. The van der Waals surface area contributed by atoms with Crippen LogP contribution < -0.4 is 15.6 Å². The van der Waals surface area contributed by atoms with E-state index in [9.17, 15) is 14.3 Å². The Labute approximate surface area is 199 Å². The van der Waals surface area contributed by atoms with E-state index in [1.54, 1.807) is 41.2 Å². The molecular formula is C24H23ClFN5O3. The molecule has 0 saturated carbocycles. The van der Waals surface area contributed by atoms with Crippen LogP contribution in [0.4, 0.5) is 4.39 Å². The first-order valence-electron chi connectivity index (χ1n) is 10.8. The molecule has 0 bridgehead atoms. The number of ether oxygens (including phenoxy) is 1. The molecule has 1 aliphatic rings. The predicted molar refractivity (Wildman–Crippen MR) is 126 cm³/mol. The van der Waals surface area contributed by atoms with E-state index in [1.807, 2.05) is 13.8 Å². The molecule has 0 unspecified atom stereocenters. The maximum Gasteiger partial charge on any atom is 0.266 e. The van der Waals surface area contributed by atoms with Crippen molar-refractivity contribution in [3.8, 4) is 11.6 Å². The average molecular weight is 484 g/mol.